The van der Waals surface area contributed by atoms with Crippen LogP contribution in [0.2, 0.25) is 5.02 Å². The minimum absolute atomic E-state index is 0.163. The zero-order chi connectivity index (χ0) is 16.2. The number of rotatable bonds is 5. The van der Waals surface area contributed by atoms with Crippen LogP contribution in [0.4, 0.5) is 0 Å². The molecule has 0 aliphatic carbocycles. The Morgan fingerprint density at radius 3 is 2.70 bits per heavy atom. The molecule has 0 bridgehead atoms. The lowest BCUT2D eigenvalue weighted by Crippen LogP contribution is -2.29. The van der Waals surface area contributed by atoms with E-state index in [9.17, 15) is 4.79 Å². The van der Waals surface area contributed by atoms with Gasteiger partial charge in [0.15, 0.2) is 5.65 Å². The molecule has 2 aromatic heterocycles. The summed E-state index contributed by atoms with van der Waals surface area (Å²) >= 11 is 5.90. The first-order valence-electron chi connectivity index (χ1n) is 7.24. The van der Waals surface area contributed by atoms with Crippen LogP contribution >= 0.6 is 11.6 Å². The molecule has 0 spiro atoms. The van der Waals surface area contributed by atoms with Crippen LogP contribution in [0.3, 0.4) is 0 Å². The lowest BCUT2D eigenvalue weighted by molar-refractivity contribution is 0.0954. The maximum atomic E-state index is 12.0. The average Bonchev–Trinajstić information content (AvgIpc) is 2.97. The van der Waals surface area contributed by atoms with Crippen LogP contribution in [-0.2, 0) is 6.42 Å². The highest BCUT2D eigenvalue weighted by Gasteiger charge is 2.10. The van der Waals surface area contributed by atoms with Crippen molar-refractivity contribution >= 4 is 23.2 Å². The van der Waals surface area contributed by atoms with E-state index in [4.69, 9.17) is 17.3 Å². The van der Waals surface area contributed by atoms with E-state index in [1.807, 2.05) is 28.7 Å². The van der Waals surface area contributed by atoms with Gasteiger partial charge in [0.2, 0.25) is 0 Å². The molecule has 1 aromatic carbocycles. The molecule has 118 valence electrons. The number of carbonyl (C=O) groups excluding carboxylic acids is 1. The summed E-state index contributed by atoms with van der Waals surface area (Å²) in [4.78, 5) is 12.0. The number of nitrogens with one attached hydrogen (secondary N) is 1. The predicted octanol–water partition coefficient (Wildman–Crippen LogP) is 1.66. The van der Waals surface area contributed by atoms with Crippen LogP contribution in [-0.4, -0.2) is 33.6 Å². The summed E-state index contributed by atoms with van der Waals surface area (Å²) in [6, 6.07) is 11.1. The van der Waals surface area contributed by atoms with Crippen molar-refractivity contribution < 1.29 is 4.79 Å². The fourth-order valence-electron chi connectivity index (χ4n) is 2.27. The van der Waals surface area contributed by atoms with Crippen LogP contribution in [0, 0.1) is 0 Å². The molecular formula is C16H16ClN5O. The Morgan fingerprint density at radius 2 is 1.96 bits per heavy atom. The predicted molar refractivity (Wildman–Crippen MR) is 88.6 cm³/mol. The molecule has 1 amide bonds. The first-order chi connectivity index (χ1) is 11.2. The second-order valence-electron chi connectivity index (χ2n) is 5.11. The third-order valence-corrected chi connectivity index (χ3v) is 3.69. The quantitative estimate of drug-likeness (QED) is 0.745. The van der Waals surface area contributed by atoms with Gasteiger partial charge in [-0.2, -0.15) is 0 Å². The first-order valence-corrected chi connectivity index (χ1v) is 7.61. The second-order valence-corrected chi connectivity index (χ2v) is 5.55. The lowest BCUT2D eigenvalue weighted by Gasteiger charge is -2.05. The first kappa shape index (κ1) is 15.5. The van der Waals surface area contributed by atoms with Gasteiger partial charge in [0, 0.05) is 30.7 Å². The standard InChI is InChI=1S/C16H16ClN5O/c17-13-4-1-11(2-5-13)9-15-21-20-14-6-3-12(10-22(14)15)16(23)19-8-7-18/h1-6,10H,7-9,18H2,(H,19,23). The average molecular weight is 330 g/mol. The van der Waals surface area contributed by atoms with Crippen LogP contribution in [0.15, 0.2) is 42.6 Å². The lowest BCUT2D eigenvalue weighted by atomic mass is 10.1. The van der Waals surface area contributed by atoms with Gasteiger partial charge in [0.05, 0.1) is 5.56 Å². The molecule has 0 atom stereocenters. The molecular weight excluding hydrogens is 314 g/mol. The van der Waals surface area contributed by atoms with Crippen LogP contribution in [0.1, 0.15) is 21.7 Å². The number of halogens is 1. The topological polar surface area (TPSA) is 85.3 Å². The fourth-order valence-corrected chi connectivity index (χ4v) is 2.39. The van der Waals surface area contributed by atoms with Crippen molar-refractivity contribution in [1.29, 1.82) is 0 Å². The summed E-state index contributed by atoms with van der Waals surface area (Å²) < 4.78 is 1.83. The summed E-state index contributed by atoms with van der Waals surface area (Å²) in [7, 11) is 0. The van der Waals surface area contributed by atoms with E-state index in [-0.39, 0.29) is 5.91 Å². The van der Waals surface area contributed by atoms with Crippen molar-refractivity contribution in [2.75, 3.05) is 13.1 Å². The van der Waals surface area contributed by atoms with Crippen molar-refractivity contribution in [2.45, 2.75) is 6.42 Å². The van der Waals surface area contributed by atoms with Gasteiger partial charge in [-0.1, -0.05) is 23.7 Å². The molecule has 23 heavy (non-hydrogen) atoms. The summed E-state index contributed by atoms with van der Waals surface area (Å²) in [6.07, 6.45) is 2.35. The van der Waals surface area contributed by atoms with Gasteiger partial charge in [0.1, 0.15) is 5.82 Å². The molecule has 2 heterocycles. The monoisotopic (exact) mass is 329 g/mol. The minimum Gasteiger partial charge on any atom is -0.351 e. The minimum atomic E-state index is -0.163. The Kier molecular flexibility index (Phi) is 4.55. The molecule has 0 saturated carbocycles. The molecule has 0 saturated heterocycles. The molecule has 0 unspecified atom stereocenters. The largest absolute Gasteiger partial charge is 0.351 e. The summed E-state index contributed by atoms with van der Waals surface area (Å²) in [5.74, 6) is 0.597. The van der Waals surface area contributed by atoms with Crippen LogP contribution < -0.4 is 11.1 Å². The van der Waals surface area contributed by atoms with Crippen molar-refractivity contribution in [3.8, 4) is 0 Å². The summed E-state index contributed by atoms with van der Waals surface area (Å²) in [6.45, 7) is 0.846. The molecule has 3 N–H and O–H groups in total. The highest BCUT2D eigenvalue weighted by molar-refractivity contribution is 6.30. The number of hydrogen-bond donors (Lipinski definition) is 2. The van der Waals surface area contributed by atoms with Crippen molar-refractivity contribution in [3.63, 3.8) is 0 Å². The number of nitrogens with zero attached hydrogens (tertiary/aromatic N) is 3. The number of aromatic nitrogens is 3. The number of fused-ring (bicyclic) bond motifs is 1. The summed E-state index contributed by atoms with van der Waals surface area (Å²) in [5.41, 5.74) is 7.71. The molecule has 0 aliphatic rings. The fraction of sp³-hybridized carbons (Fsp3) is 0.188. The number of carbonyl (C=O) groups is 1. The zero-order valence-corrected chi connectivity index (χ0v) is 13.1. The second kappa shape index (κ2) is 6.76. The van der Waals surface area contributed by atoms with E-state index in [0.717, 1.165) is 11.4 Å². The molecule has 7 heteroatoms. The van der Waals surface area contributed by atoms with Gasteiger partial charge in [-0.25, -0.2) is 0 Å². The third-order valence-electron chi connectivity index (χ3n) is 3.44. The van der Waals surface area contributed by atoms with E-state index >= 15 is 0 Å². The van der Waals surface area contributed by atoms with E-state index < -0.39 is 0 Å². The highest BCUT2D eigenvalue weighted by Crippen LogP contribution is 2.14. The number of nitrogens with two attached hydrogens (primary N) is 1. The Labute approximate surface area is 138 Å². The maximum Gasteiger partial charge on any atom is 0.252 e. The van der Waals surface area contributed by atoms with Crippen molar-refractivity contribution in [3.05, 3.63) is 64.6 Å². The Balaban J connectivity index is 1.89. The Bertz CT molecular complexity index is 828. The van der Waals surface area contributed by atoms with E-state index in [0.29, 0.717) is 35.7 Å². The number of pyridine rings is 1. The normalized spacial score (nSPS) is 10.9. The van der Waals surface area contributed by atoms with Crippen molar-refractivity contribution in [1.82, 2.24) is 19.9 Å². The smallest absolute Gasteiger partial charge is 0.252 e. The van der Waals surface area contributed by atoms with E-state index in [2.05, 4.69) is 15.5 Å². The van der Waals surface area contributed by atoms with Crippen LogP contribution in [0.25, 0.3) is 5.65 Å². The number of hydrogen-bond acceptors (Lipinski definition) is 4. The molecule has 0 aliphatic heterocycles. The Hall–Kier alpha value is -2.44. The Morgan fingerprint density at radius 1 is 1.17 bits per heavy atom. The number of amides is 1. The molecule has 3 rings (SSSR count). The van der Waals surface area contributed by atoms with E-state index in [1.165, 1.54) is 0 Å². The number of benzene rings is 1. The van der Waals surface area contributed by atoms with Gasteiger partial charge in [0.25, 0.3) is 5.91 Å². The molecule has 3 aromatic rings. The van der Waals surface area contributed by atoms with Crippen LogP contribution in [0.5, 0.6) is 0 Å². The summed E-state index contributed by atoms with van der Waals surface area (Å²) in [5, 5.41) is 11.8. The van der Waals surface area contributed by atoms with Gasteiger partial charge >= 0.3 is 0 Å². The van der Waals surface area contributed by atoms with Gasteiger partial charge in [-0.15, -0.1) is 10.2 Å². The maximum absolute atomic E-state index is 12.0. The van der Waals surface area contributed by atoms with Crippen molar-refractivity contribution in [2.24, 2.45) is 5.73 Å². The van der Waals surface area contributed by atoms with Gasteiger partial charge < -0.3 is 11.1 Å². The van der Waals surface area contributed by atoms with Gasteiger partial charge in [-0.3, -0.25) is 9.20 Å². The molecule has 0 fully saturated rings. The molecule has 6 nitrogen and oxygen atoms in total. The SMILES string of the molecule is NCCNC(=O)c1ccc2nnc(Cc3ccc(Cl)cc3)n2c1. The van der Waals surface area contributed by atoms with E-state index in [1.54, 1.807) is 18.3 Å². The molecule has 0 radical (unpaired) electrons. The highest BCUT2D eigenvalue weighted by atomic mass is 35.5. The zero-order valence-electron chi connectivity index (χ0n) is 12.4. The van der Waals surface area contributed by atoms with Gasteiger partial charge in [-0.05, 0) is 29.8 Å². The third kappa shape index (κ3) is 3.49.